The summed E-state index contributed by atoms with van der Waals surface area (Å²) in [4.78, 5) is 0. The van der Waals surface area contributed by atoms with Crippen molar-refractivity contribution < 1.29 is 0 Å². The molecule has 2 aliphatic carbocycles. The van der Waals surface area contributed by atoms with Crippen molar-refractivity contribution in [3.63, 3.8) is 0 Å². The van der Waals surface area contributed by atoms with Gasteiger partial charge < -0.3 is 5.32 Å². The molecule has 0 spiro atoms. The molecular formula is C10H18ClN. The highest BCUT2D eigenvalue weighted by atomic mass is 35.5. The van der Waals surface area contributed by atoms with Crippen molar-refractivity contribution in [2.75, 3.05) is 19.0 Å². The molecule has 1 nitrogen and oxygen atoms in total. The molecule has 12 heavy (non-hydrogen) atoms. The minimum absolute atomic E-state index is 0.505. The molecule has 70 valence electrons. The van der Waals surface area contributed by atoms with E-state index in [-0.39, 0.29) is 0 Å². The summed E-state index contributed by atoms with van der Waals surface area (Å²) < 4.78 is 0. The number of alkyl halides is 1. The maximum absolute atomic E-state index is 5.87. The fourth-order valence-electron chi connectivity index (χ4n) is 1.60. The zero-order valence-electron chi connectivity index (χ0n) is 7.61. The van der Waals surface area contributed by atoms with Gasteiger partial charge in [0.25, 0.3) is 0 Å². The van der Waals surface area contributed by atoms with Crippen molar-refractivity contribution in [2.45, 2.75) is 32.1 Å². The van der Waals surface area contributed by atoms with Crippen molar-refractivity contribution in [2.24, 2.45) is 11.3 Å². The molecule has 2 fully saturated rings. The van der Waals surface area contributed by atoms with Crippen LogP contribution in [0.1, 0.15) is 32.1 Å². The molecule has 0 heterocycles. The van der Waals surface area contributed by atoms with Gasteiger partial charge >= 0.3 is 0 Å². The molecule has 0 saturated heterocycles. The second-order valence-electron chi connectivity index (χ2n) is 4.54. The zero-order valence-corrected chi connectivity index (χ0v) is 8.37. The molecule has 0 aromatic rings. The third kappa shape index (κ3) is 2.37. The number of nitrogens with one attached hydrogen (secondary N) is 1. The molecule has 2 rings (SSSR count). The Morgan fingerprint density at radius 2 is 2.08 bits per heavy atom. The lowest BCUT2D eigenvalue weighted by atomic mass is 10.1. The van der Waals surface area contributed by atoms with Crippen LogP contribution in [0.15, 0.2) is 0 Å². The van der Waals surface area contributed by atoms with Gasteiger partial charge in [0.15, 0.2) is 0 Å². The Kier molecular flexibility index (Phi) is 2.61. The van der Waals surface area contributed by atoms with Gasteiger partial charge in [0.1, 0.15) is 0 Å². The van der Waals surface area contributed by atoms with Crippen molar-refractivity contribution in [1.29, 1.82) is 0 Å². The summed E-state index contributed by atoms with van der Waals surface area (Å²) in [5, 5.41) is 3.53. The van der Waals surface area contributed by atoms with Gasteiger partial charge in [-0.05, 0) is 37.1 Å². The Balaban J connectivity index is 1.50. The second kappa shape index (κ2) is 3.55. The maximum atomic E-state index is 5.87. The van der Waals surface area contributed by atoms with Crippen LogP contribution in [0.5, 0.6) is 0 Å². The molecular weight excluding hydrogens is 170 g/mol. The van der Waals surface area contributed by atoms with Gasteiger partial charge in [-0.25, -0.2) is 0 Å². The lowest BCUT2D eigenvalue weighted by Crippen LogP contribution is -2.26. The minimum atomic E-state index is 0.505. The van der Waals surface area contributed by atoms with Gasteiger partial charge in [0, 0.05) is 12.4 Å². The van der Waals surface area contributed by atoms with Crippen LogP contribution in [-0.4, -0.2) is 19.0 Å². The van der Waals surface area contributed by atoms with E-state index in [0.29, 0.717) is 5.41 Å². The monoisotopic (exact) mass is 187 g/mol. The van der Waals surface area contributed by atoms with Gasteiger partial charge in [0.05, 0.1) is 0 Å². The summed E-state index contributed by atoms with van der Waals surface area (Å²) in [5.41, 5.74) is 0.505. The van der Waals surface area contributed by atoms with Gasteiger partial charge in [-0.3, -0.25) is 0 Å². The molecule has 0 unspecified atom stereocenters. The maximum Gasteiger partial charge on any atom is 0.0292 e. The second-order valence-corrected chi connectivity index (χ2v) is 4.81. The van der Waals surface area contributed by atoms with Gasteiger partial charge in [0.2, 0.25) is 0 Å². The quantitative estimate of drug-likeness (QED) is 0.498. The molecule has 2 aliphatic rings. The molecule has 0 aliphatic heterocycles. The minimum Gasteiger partial charge on any atom is -0.316 e. The number of hydrogen-bond donors (Lipinski definition) is 1. The van der Waals surface area contributed by atoms with Crippen LogP contribution in [0.4, 0.5) is 0 Å². The van der Waals surface area contributed by atoms with E-state index >= 15 is 0 Å². The molecule has 0 amide bonds. The van der Waals surface area contributed by atoms with Gasteiger partial charge in [-0.1, -0.05) is 12.8 Å². The molecule has 1 N–H and O–H groups in total. The van der Waals surface area contributed by atoms with E-state index in [2.05, 4.69) is 5.32 Å². The Bertz CT molecular complexity index is 150. The Morgan fingerprint density at radius 1 is 1.33 bits per heavy atom. The largest absolute Gasteiger partial charge is 0.316 e. The number of rotatable bonds is 6. The lowest BCUT2D eigenvalue weighted by molar-refractivity contribution is 0.492. The summed E-state index contributed by atoms with van der Waals surface area (Å²) in [5.74, 6) is 1.91. The van der Waals surface area contributed by atoms with Crippen molar-refractivity contribution in [3.05, 3.63) is 0 Å². The summed E-state index contributed by atoms with van der Waals surface area (Å²) >= 11 is 5.87. The summed E-state index contributed by atoms with van der Waals surface area (Å²) in [6.45, 7) is 2.37. The summed E-state index contributed by atoms with van der Waals surface area (Å²) in [6, 6.07) is 0. The predicted octanol–water partition coefficient (Wildman–Crippen LogP) is 2.40. The average molecular weight is 188 g/mol. The van der Waals surface area contributed by atoms with E-state index in [4.69, 9.17) is 11.6 Å². The standard InChI is InChI=1S/C10H18ClN/c11-7-10(4-5-10)8-12-6-3-9-1-2-9/h9,12H,1-8H2. The third-order valence-corrected chi connectivity index (χ3v) is 3.73. The van der Waals surface area contributed by atoms with Crippen LogP contribution < -0.4 is 5.32 Å². The highest BCUT2D eigenvalue weighted by molar-refractivity contribution is 6.18. The first-order chi connectivity index (χ1) is 5.85. The third-order valence-electron chi connectivity index (χ3n) is 3.17. The number of halogens is 1. The van der Waals surface area contributed by atoms with Crippen LogP contribution >= 0.6 is 11.6 Å². The molecule has 2 saturated carbocycles. The van der Waals surface area contributed by atoms with Crippen LogP contribution in [0.25, 0.3) is 0 Å². The molecule has 0 aromatic heterocycles. The van der Waals surface area contributed by atoms with E-state index in [1.54, 1.807) is 0 Å². The smallest absolute Gasteiger partial charge is 0.0292 e. The van der Waals surface area contributed by atoms with Crippen molar-refractivity contribution in [1.82, 2.24) is 5.32 Å². The topological polar surface area (TPSA) is 12.0 Å². The normalized spacial score (nSPS) is 25.8. The summed E-state index contributed by atoms with van der Waals surface area (Å²) in [6.07, 6.45) is 7.02. The van der Waals surface area contributed by atoms with E-state index in [1.165, 1.54) is 38.6 Å². The first-order valence-electron chi connectivity index (χ1n) is 5.11. The highest BCUT2D eigenvalue weighted by Crippen LogP contribution is 2.45. The molecule has 0 bridgehead atoms. The first-order valence-corrected chi connectivity index (χ1v) is 5.65. The van der Waals surface area contributed by atoms with E-state index in [9.17, 15) is 0 Å². The predicted molar refractivity (Wildman–Crippen MR) is 52.6 cm³/mol. The van der Waals surface area contributed by atoms with Gasteiger partial charge in [-0.2, -0.15) is 0 Å². The molecule has 0 aromatic carbocycles. The van der Waals surface area contributed by atoms with Crippen molar-refractivity contribution in [3.8, 4) is 0 Å². The molecule has 0 radical (unpaired) electrons. The molecule has 2 heteroatoms. The zero-order chi connectivity index (χ0) is 8.44. The average Bonchev–Trinajstić information content (AvgIpc) is 2.96. The fourth-order valence-corrected chi connectivity index (χ4v) is 1.96. The van der Waals surface area contributed by atoms with E-state index in [1.807, 2.05) is 0 Å². The first kappa shape index (κ1) is 8.83. The van der Waals surface area contributed by atoms with Crippen LogP contribution in [-0.2, 0) is 0 Å². The van der Waals surface area contributed by atoms with Crippen LogP contribution in [0.3, 0.4) is 0 Å². The van der Waals surface area contributed by atoms with Crippen molar-refractivity contribution >= 4 is 11.6 Å². The van der Waals surface area contributed by atoms with Gasteiger partial charge in [-0.15, -0.1) is 11.6 Å². The highest BCUT2D eigenvalue weighted by Gasteiger charge is 2.41. The number of hydrogen-bond acceptors (Lipinski definition) is 1. The SMILES string of the molecule is ClCC1(CNCCC2CC2)CC1. The van der Waals surface area contributed by atoms with E-state index < -0.39 is 0 Å². The fraction of sp³-hybridized carbons (Fsp3) is 1.00. The lowest BCUT2D eigenvalue weighted by Gasteiger charge is -2.11. The molecule has 0 atom stereocenters. The van der Waals surface area contributed by atoms with Crippen LogP contribution in [0, 0.1) is 11.3 Å². The van der Waals surface area contributed by atoms with Crippen LogP contribution in [0.2, 0.25) is 0 Å². The Morgan fingerprint density at radius 3 is 2.58 bits per heavy atom. The Labute approximate surface area is 79.9 Å². The Hall–Kier alpha value is 0.250. The van der Waals surface area contributed by atoms with E-state index in [0.717, 1.165) is 18.3 Å². The summed E-state index contributed by atoms with van der Waals surface area (Å²) in [7, 11) is 0.